The molecule has 5 rings (SSSR count). The number of anilines is 1. The molecule has 1 aliphatic heterocycles. The van der Waals surface area contributed by atoms with E-state index in [0.29, 0.717) is 23.1 Å². The van der Waals surface area contributed by atoms with E-state index in [0.717, 1.165) is 21.3 Å². The van der Waals surface area contributed by atoms with Gasteiger partial charge >= 0.3 is 5.91 Å². The second kappa shape index (κ2) is 9.20. The summed E-state index contributed by atoms with van der Waals surface area (Å²) in [5, 5.41) is 11.5. The maximum Gasteiger partial charge on any atom is 0.301 e. The SMILES string of the molecule is CCOc1ccc([C@H]2C(=C(O)c3ccc(F)cc3)C(=O)C(=O)N2c2nc3c(C)cc(C)cc3s2)cc1. The normalized spacial score (nSPS) is 17.2. The monoisotopic (exact) mass is 502 g/mol. The van der Waals surface area contributed by atoms with Crippen LogP contribution < -0.4 is 9.64 Å². The quantitative estimate of drug-likeness (QED) is 0.203. The van der Waals surface area contributed by atoms with E-state index >= 15 is 0 Å². The zero-order chi connectivity index (χ0) is 25.6. The molecule has 0 bridgehead atoms. The van der Waals surface area contributed by atoms with Crippen molar-refractivity contribution in [3.8, 4) is 5.75 Å². The van der Waals surface area contributed by atoms with Crippen LogP contribution in [-0.2, 0) is 9.59 Å². The van der Waals surface area contributed by atoms with Crippen molar-refractivity contribution >= 4 is 44.1 Å². The van der Waals surface area contributed by atoms with Gasteiger partial charge in [-0.3, -0.25) is 14.5 Å². The minimum absolute atomic E-state index is 0.0806. The van der Waals surface area contributed by atoms with E-state index in [4.69, 9.17) is 9.72 Å². The number of benzene rings is 3. The molecule has 1 amide bonds. The molecule has 1 N–H and O–H groups in total. The predicted octanol–water partition coefficient (Wildman–Crippen LogP) is 6.08. The third-order valence-electron chi connectivity index (χ3n) is 6.09. The third kappa shape index (κ3) is 4.03. The van der Waals surface area contributed by atoms with Gasteiger partial charge in [0.2, 0.25) is 0 Å². The van der Waals surface area contributed by atoms with Crippen LogP contribution in [0.1, 0.15) is 35.2 Å². The molecule has 182 valence electrons. The summed E-state index contributed by atoms with van der Waals surface area (Å²) in [7, 11) is 0. The number of nitrogens with zero attached hydrogens (tertiary/aromatic N) is 2. The van der Waals surface area contributed by atoms with Crippen LogP contribution >= 0.6 is 11.3 Å². The molecule has 0 unspecified atom stereocenters. The van der Waals surface area contributed by atoms with Crippen molar-refractivity contribution in [3.05, 3.63) is 94.3 Å². The number of thiazole rings is 1. The number of Topliss-reactive ketones (excluding diaryl/α,β-unsaturated/α-hetero) is 1. The fourth-order valence-electron chi connectivity index (χ4n) is 4.48. The van der Waals surface area contributed by atoms with Crippen molar-refractivity contribution in [2.75, 3.05) is 11.5 Å². The average Bonchev–Trinajstić information content (AvgIpc) is 3.38. The van der Waals surface area contributed by atoms with Crippen LogP contribution in [-0.4, -0.2) is 28.4 Å². The molecule has 4 aromatic rings. The van der Waals surface area contributed by atoms with Crippen molar-refractivity contribution in [2.45, 2.75) is 26.8 Å². The first-order chi connectivity index (χ1) is 17.3. The standard InChI is InChI=1S/C28H23FN2O4S/c1-4-35-20-11-7-17(8-12-20)24-22(25(32)18-5-9-19(29)10-6-18)26(33)27(34)31(24)28-30-23-16(3)13-15(2)14-21(23)36-28/h5-14,24,32H,4H2,1-3H3/t24-/m0/s1. The number of aromatic nitrogens is 1. The Morgan fingerprint density at radius 3 is 2.44 bits per heavy atom. The summed E-state index contributed by atoms with van der Waals surface area (Å²) >= 11 is 1.31. The highest BCUT2D eigenvalue weighted by molar-refractivity contribution is 7.22. The molecule has 0 aliphatic carbocycles. The molecule has 1 atom stereocenters. The number of rotatable bonds is 5. The number of amides is 1. The van der Waals surface area contributed by atoms with Crippen LogP contribution in [0.5, 0.6) is 5.75 Å². The van der Waals surface area contributed by atoms with E-state index in [9.17, 15) is 19.1 Å². The summed E-state index contributed by atoms with van der Waals surface area (Å²) in [5.41, 5.74) is 3.55. The molecule has 0 radical (unpaired) electrons. The maximum absolute atomic E-state index is 13.5. The number of halogens is 1. The first-order valence-electron chi connectivity index (χ1n) is 11.5. The highest BCUT2D eigenvalue weighted by Gasteiger charge is 2.48. The second-order valence-electron chi connectivity index (χ2n) is 8.60. The highest BCUT2D eigenvalue weighted by Crippen LogP contribution is 2.45. The van der Waals surface area contributed by atoms with Crippen LogP contribution in [0.25, 0.3) is 16.0 Å². The Labute approximate surface area is 211 Å². The van der Waals surface area contributed by atoms with Crippen LogP contribution in [0.2, 0.25) is 0 Å². The van der Waals surface area contributed by atoms with Gasteiger partial charge in [-0.2, -0.15) is 0 Å². The predicted molar refractivity (Wildman–Crippen MR) is 138 cm³/mol. The van der Waals surface area contributed by atoms with Gasteiger partial charge in [0.15, 0.2) is 5.13 Å². The van der Waals surface area contributed by atoms with Crippen molar-refractivity contribution < 1.29 is 23.8 Å². The Bertz CT molecular complexity index is 1520. The van der Waals surface area contributed by atoms with E-state index in [1.165, 1.54) is 40.5 Å². The van der Waals surface area contributed by atoms with Gasteiger partial charge in [-0.15, -0.1) is 0 Å². The van der Waals surface area contributed by atoms with Crippen molar-refractivity contribution in [2.24, 2.45) is 0 Å². The molecule has 3 aromatic carbocycles. The lowest BCUT2D eigenvalue weighted by Crippen LogP contribution is -2.29. The van der Waals surface area contributed by atoms with Crippen molar-refractivity contribution in [1.82, 2.24) is 4.98 Å². The lowest BCUT2D eigenvalue weighted by atomic mass is 9.95. The molecule has 1 aromatic heterocycles. The Kier molecular flexibility index (Phi) is 6.05. The fourth-order valence-corrected chi connectivity index (χ4v) is 5.65. The van der Waals surface area contributed by atoms with Crippen LogP contribution in [0.3, 0.4) is 0 Å². The number of ether oxygens (including phenoxy) is 1. The van der Waals surface area contributed by atoms with Crippen molar-refractivity contribution in [1.29, 1.82) is 0 Å². The number of aliphatic hydroxyl groups excluding tert-OH is 1. The number of fused-ring (bicyclic) bond motifs is 1. The topological polar surface area (TPSA) is 79.7 Å². The van der Waals surface area contributed by atoms with E-state index in [1.54, 1.807) is 24.3 Å². The zero-order valence-corrected chi connectivity index (χ0v) is 20.7. The number of hydrogen-bond donors (Lipinski definition) is 1. The van der Waals surface area contributed by atoms with Gasteiger partial charge < -0.3 is 9.84 Å². The minimum Gasteiger partial charge on any atom is -0.507 e. The average molecular weight is 503 g/mol. The molecule has 0 saturated carbocycles. The van der Waals surface area contributed by atoms with Crippen molar-refractivity contribution in [3.63, 3.8) is 0 Å². The molecule has 8 heteroatoms. The number of aliphatic hydroxyl groups is 1. The Morgan fingerprint density at radius 2 is 1.78 bits per heavy atom. The largest absolute Gasteiger partial charge is 0.507 e. The lowest BCUT2D eigenvalue weighted by Gasteiger charge is -2.23. The summed E-state index contributed by atoms with van der Waals surface area (Å²) in [6, 6.07) is 15.2. The molecule has 0 spiro atoms. The summed E-state index contributed by atoms with van der Waals surface area (Å²) in [4.78, 5) is 32.8. The zero-order valence-electron chi connectivity index (χ0n) is 19.9. The van der Waals surface area contributed by atoms with E-state index < -0.39 is 23.5 Å². The molecule has 6 nitrogen and oxygen atoms in total. The summed E-state index contributed by atoms with van der Waals surface area (Å²) in [6.45, 7) is 6.31. The molecule has 1 saturated heterocycles. The van der Waals surface area contributed by atoms with Gasteiger partial charge in [0.25, 0.3) is 5.78 Å². The van der Waals surface area contributed by atoms with Crippen LogP contribution in [0, 0.1) is 19.7 Å². The second-order valence-corrected chi connectivity index (χ2v) is 9.61. The van der Waals surface area contributed by atoms with Gasteiger partial charge in [-0.25, -0.2) is 9.37 Å². The third-order valence-corrected chi connectivity index (χ3v) is 7.10. The van der Waals surface area contributed by atoms with Gasteiger partial charge in [-0.05, 0) is 79.9 Å². The Hall–Kier alpha value is -4.04. The maximum atomic E-state index is 13.5. The Balaban J connectivity index is 1.71. The smallest absolute Gasteiger partial charge is 0.301 e. The molecular formula is C28H23FN2O4S. The van der Waals surface area contributed by atoms with Gasteiger partial charge in [0.1, 0.15) is 17.3 Å². The first kappa shape index (κ1) is 23.7. The van der Waals surface area contributed by atoms with Gasteiger partial charge in [0.05, 0.1) is 28.4 Å². The van der Waals surface area contributed by atoms with Gasteiger partial charge in [0, 0.05) is 5.56 Å². The van der Waals surface area contributed by atoms with E-state index in [1.807, 2.05) is 32.9 Å². The van der Waals surface area contributed by atoms with E-state index in [-0.39, 0.29) is 16.9 Å². The highest BCUT2D eigenvalue weighted by atomic mass is 32.1. The lowest BCUT2D eigenvalue weighted by molar-refractivity contribution is -0.132. The summed E-state index contributed by atoms with van der Waals surface area (Å²) < 4.78 is 19.9. The molecule has 1 aliphatic rings. The van der Waals surface area contributed by atoms with E-state index in [2.05, 4.69) is 0 Å². The molecule has 2 heterocycles. The minimum atomic E-state index is -0.923. The summed E-state index contributed by atoms with van der Waals surface area (Å²) in [5.74, 6) is -1.82. The van der Waals surface area contributed by atoms with Gasteiger partial charge in [-0.1, -0.05) is 29.5 Å². The molecular weight excluding hydrogens is 479 g/mol. The first-order valence-corrected chi connectivity index (χ1v) is 12.3. The van der Waals surface area contributed by atoms with Crippen LogP contribution in [0.15, 0.2) is 66.2 Å². The number of ketones is 1. The number of hydrogen-bond acceptors (Lipinski definition) is 6. The molecule has 36 heavy (non-hydrogen) atoms. The number of carbonyl (C=O) groups is 2. The fraction of sp³-hybridized carbons (Fsp3) is 0.179. The Morgan fingerprint density at radius 1 is 1.08 bits per heavy atom. The number of aryl methyl sites for hydroxylation is 2. The summed E-state index contributed by atoms with van der Waals surface area (Å²) in [6.07, 6.45) is 0. The number of carbonyl (C=O) groups excluding carboxylic acids is 2. The van der Waals surface area contributed by atoms with Crippen LogP contribution in [0.4, 0.5) is 9.52 Å². The molecule has 1 fully saturated rings.